The molecule has 2 fully saturated rings. The Labute approximate surface area is 197 Å². The van der Waals surface area contributed by atoms with Gasteiger partial charge in [0.1, 0.15) is 5.82 Å². The lowest BCUT2D eigenvalue weighted by molar-refractivity contribution is -0.134. The lowest BCUT2D eigenvalue weighted by Crippen LogP contribution is -2.47. The number of imide groups is 1. The molecular weight excluding hydrogens is 442 g/mol. The smallest absolute Gasteiger partial charge is 0.234 e. The van der Waals surface area contributed by atoms with Gasteiger partial charge in [0.05, 0.1) is 34.4 Å². The molecule has 1 unspecified atom stereocenters. The van der Waals surface area contributed by atoms with Gasteiger partial charge < -0.3 is 14.5 Å². The maximum absolute atomic E-state index is 12.4. The number of amides is 2. The molecule has 4 heterocycles. The quantitative estimate of drug-likeness (QED) is 0.581. The van der Waals surface area contributed by atoms with Gasteiger partial charge in [0, 0.05) is 39.7 Å². The molecule has 3 aromatic rings. The highest BCUT2D eigenvalue weighted by molar-refractivity contribution is 6.34. The Morgan fingerprint density at radius 2 is 1.85 bits per heavy atom. The molecular formula is C24H26ClN5O3. The predicted molar refractivity (Wildman–Crippen MR) is 127 cm³/mol. The van der Waals surface area contributed by atoms with Crippen LogP contribution in [0.2, 0.25) is 5.02 Å². The minimum Gasteiger partial charge on any atom is -0.378 e. The standard InChI is InChI=1S/C24H26ClN5O3/c1-33-15-16-14-17-4-2-7-22(30(17)27-16)29-12-10-28(11-13-29)20-6-3-5-18(23(20)25)19-8-9-21(31)26-24(19)32/h2-7,14,19H,8-13,15H2,1H3,(H,26,31,32). The zero-order valence-corrected chi connectivity index (χ0v) is 19.2. The van der Waals surface area contributed by atoms with Crippen LogP contribution in [0.3, 0.4) is 0 Å². The second-order valence-corrected chi connectivity index (χ2v) is 8.83. The highest BCUT2D eigenvalue weighted by atomic mass is 35.5. The fraction of sp³-hybridized carbons (Fsp3) is 0.375. The fourth-order valence-electron chi connectivity index (χ4n) is 4.73. The van der Waals surface area contributed by atoms with Crippen LogP contribution in [0, 0.1) is 0 Å². The minimum absolute atomic E-state index is 0.221. The summed E-state index contributed by atoms with van der Waals surface area (Å²) in [5.74, 6) is 0.171. The third-order valence-electron chi connectivity index (χ3n) is 6.38. The summed E-state index contributed by atoms with van der Waals surface area (Å²) in [6.07, 6.45) is 0.821. The monoisotopic (exact) mass is 467 g/mol. The summed E-state index contributed by atoms with van der Waals surface area (Å²) in [7, 11) is 1.67. The molecule has 1 aromatic carbocycles. The number of ether oxygens (including phenoxy) is 1. The molecule has 0 saturated carbocycles. The van der Waals surface area contributed by atoms with Gasteiger partial charge in [-0.15, -0.1) is 0 Å². The van der Waals surface area contributed by atoms with Gasteiger partial charge in [-0.1, -0.05) is 29.8 Å². The average molecular weight is 468 g/mol. The number of halogens is 1. The molecule has 5 rings (SSSR count). The summed E-state index contributed by atoms with van der Waals surface area (Å²) in [5.41, 5.74) is 3.66. The first-order valence-corrected chi connectivity index (χ1v) is 11.5. The van der Waals surface area contributed by atoms with E-state index in [0.717, 1.165) is 54.5 Å². The highest BCUT2D eigenvalue weighted by Crippen LogP contribution is 2.37. The fourth-order valence-corrected chi connectivity index (χ4v) is 5.10. The molecule has 1 N–H and O–H groups in total. The van der Waals surface area contributed by atoms with Crippen LogP contribution in [0.15, 0.2) is 42.5 Å². The Hall–Kier alpha value is -3.10. The van der Waals surface area contributed by atoms with Crippen LogP contribution in [-0.2, 0) is 20.9 Å². The zero-order chi connectivity index (χ0) is 22.9. The molecule has 2 aliphatic heterocycles. The van der Waals surface area contributed by atoms with Crippen molar-refractivity contribution in [2.75, 3.05) is 43.1 Å². The summed E-state index contributed by atoms with van der Waals surface area (Å²) in [6, 6.07) is 14.1. The van der Waals surface area contributed by atoms with E-state index in [9.17, 15) is 9.59 Å². The van der Waals surface area contributed by atoms with Crippen LogP contribution >= 0.6 is 11.6 Å². The molecule has 0 bridgehead atoms. The van der Waals surface area contributed by atoms with Gasteiger partial charge in [0.15, 0.2) is 0 Å². The van der Waals surface area contributed by atoms with Gasteiger partial charge >= 0.3 is 0 Å². The number of pyridine rings is 1. The summed E-state index contributed by atoms with van der Waals surface area (Å²) in [5, 5.41) is 7.72. The number of piperidine rings is 1. The van der Waals surface area contributed by atoms with Crippen molar-refractivity contribution >= 4 is 40.4 Å². The van der Waals surface area contributed by atoms with E-state index >= 15 is 0 Å². The highest BCUT2D eigenvalue weighted by Gasteiger charge is 2.31. The van der Waals surface area contributed by atoms with Crippen LogP contribution in [0.25, 0.3) is 5.52 Å². The first-order valence-electron chi connectivity index (χ1n) is 11.1. The van der Waals surface area contributed by atoms with Crippen molar-refractivity contribution < 1.29 is 14.3 Å². The van der Waals surface area contributed by atoms with Crippen LogP contribution in [-0.4, -0.2) is 54.7 Å². The second-order valence-electron chi connectivity index (χ2n) is 8.45. The van der Waals surface area contributed by atoms with Gasteiger partial charge in [0.2, 0.25) is 11.8 Å². The number of benzene rings is 1. The average Bonchev–Trinajstić information content (AvgIpc) is 3.23. The van der Waals surface area contributed by atoms with E-state index in [1.165, 1.54) is 0 Å². The minimum atomic E-state index is -0.393. The molecule has 2 aliphatic rings. The van der Waals surface area contributed by atoms with Crippen molar-refractivity contribution in [3.63, 3.8) is 0 Å². The number of carbonyl (C=O) groups excluding carboxylic acids is 2. The van der Waals surface area contributed by atoms with Crippen molar-refractivity contribution in [2.45, 2.75) is 25.4 Å². The Bertz CT molecular complexity index is 1200. The molecule has 2 aromatic heterocycles. The largest absolute Gasteiger partial charge is 0.378 e. The van der Waals surface area contributed by atoms with Crippen molar-refractivity contribution in [3.8, 4) is 0 Å². The number of carbonyl (C=O) groups is 2. The number of hydrogen-bond donors (Lipinski definition) is 1. The molecule has 172 valence electrons. The topological polar surface area (TPSA) is 79.2 Å². The SMILES string of the molecule is COCc1cc2cccc(N3CCN(c4cccc(C5CCC(=O)NC5=O)c4Cl)CC3)n2n1. The maximum Gasteiger partial charge on any atom is 0.234 e. The number of anilines is 2. The molecule has 1 atom stereocenters. The molecule has 33 heavy (non-hydrogen) atoms. The van der Waals surface area contributed by atoms with E-state index in [1.807, 2.05) is 34.8 Å². The third kappa shape index (κ3) is 4.16. The number of nitrogens with one attached hydrogen (secondary N) is 1. The van der Waals surface area contributed by atoms with Crippen LogP contribution in [0.4, 0.5) is 11.5 Å². The van der Waals surface area contributed by atoms with Gasteiger partial charge in [0.25, 0.3) is 0 Å². The van der Waals surface area contributed by atoms with Crippen molar-refractivity contribution in [1.29, 1.82) is 0 Å². The van der Waals surface area contributed by atoms with Crippen LogP contribution < -0.4 is 15.1 Å². The van der Waals surface area contributed by atoms with Crippen LogP contribution in [0.1, 0.15) is 30.0 Å². The normalized spacial score (nSPS) is 19.3. The number of fused-ring (bicyclic) bond motifs is 1. The first kappa shape index (κ1) is 21.7. The Morgan fingerprint density at radius 1 is 1.09 bits per heavy atom. The van der Waals surface area contributed by atoms with Crippen molar-refractivity contribution in [2.24, 2.45) is 0 Å². The zero-order valence-electron chi connectivity index (χ0n) is 18.5. The molecule has 2 amide bonds. The summed E-state index contributed by atoms with van der Waals surface area (Å²) in [4.78, 5) is 28.5. The van der Waals surface area contributed by atoms with Crippen molar-refractivity contribution in [1.82, 2.24) is 14.9 Å². The van der Waals surface area contributed by atoms with E-state index in [1.54, 1.807) is 7.11 Å². The second kappa shape index (κ2) is 9.03. The third-order valence-corrected chi connectivity index (χ3v) is 6.79. The number of rotatable bonds is 5. The number of aromatic nitrogens is 2. The lowest BCUT2D eigenvalue weighted by Gasteiger charge is -2.38. The van der Waals surface area contributed by atoms with E-state index in [4.69, 9.17) is 21.4 Å². The molecule has 0 aliphatic carbocycles. The summed E-state index contributed by atoms with van der Waals surface area (Å²) < 4.78 is 7.20. The summed E-state index contributed by atoms with van der Waals surface area (Å²) in [6.45, 7) is 3.70. The van der Waals surface area contributed by atoms with E-state index in [-0.39, 0.29) is 11.8 Å². The molecule has 2 saturated heterocycles. The molecule has 8 nitrogen and oxygen atoms in total. The first-order chi connectivity index (χ1) is 16.0. The van der Waals surface area contributed by atoms with Gasteiger partial charge in [-0.25, -0.2) is 4.52 Å². The molecule has 0 radical (unpaired) electrons. The van der Waals surface area contributed by atoms with E-state index in [2.05, 4.69) is 27.2 Å². The Kier molecular flexibility index (Phi) is 5.95. The van der Waals surface area contributed by atoms with Crippen molar-refractivity contribution in [3.05, 3.63) is 58.7 Å². The van der Waals surface area contributed by atoms with Gasteiger partial charge in [-0.3, -0.25) is 14.9 Å². The Balaban J connectivity index is 1.33. The maximum atomic E-state index is 12.4. The molecule has 0 spiro atoms. The molecule has 9 heteroatoms. The van der Waals surface area contributed by atoms with E-state index < -0.39 is 5.92 Å². The number of methoxy groups -OCH3 is 1. The number of piperazine rings is 1. The van der Waals surface area contributed by atoms with Gasteiger partial charge in [-0.05, 0) is 36.2 Å². The van der Waals surface area contributed by atoms with E-state index in [0.29, 0.717) is 24.5 Å². The number of hydrogen-bond acceptors (Lipinski definition) is 6. The predicted octanol–water partition coefficient (Wildman–Crippen LogP) is 2.98. The van der Waals surface area contributed by atoms with Gasteiger partial charge in [-0.2, -0.15) is 5.10 Å². The Morgan fingerprint density at radius 3 is 2.61 bits per heavy atom. The number of nitrogens with zero attached hydrogens (tertiary/aromatic N) is 4. The van der Waals surface area contributed by atoms with Crippen LogP contribution in [0.5, 0.6) is 0 Å². The summed E-state index contributed by atoms with van der Waals surface area (Å²) >= 11 is 6.79. The lowest BCUT2D eigenvalue weighted by atomic mass is 9.90.